The molecule has 9 heteroatoms. The van der Waals surface area contributed by atoms with E-state index in [4.69, 9.17) is 4.99 Å². The fraction of sp³-hybridized carbons (Fsp3) is 0.562. The summed E-state index contributed by atoms with van der Waals surface area (Å²) < 4.78 is 5.27. The molecule has 0 spiro atoms. The topological polar surface area (TPSA) is 63.3 Å². The van der Waals surface area contributed by atoms with E-state index in [9.17, 15) is 0 Å². The van der Waals surface area contributed by atoms with Gasteiger partial charge in [-0.2, -0.15) is 0 Å². The van der Waals surface area contributed by atoms with E-state index in [0.717, 1.165) is 42.3 Å². The van der Waals surface area contributed by atoms with Crippen molar-refractivity contribution in [2.45, 2.75) is 33.4 Å². The predicted octanol–water partition coefficient (Wildman–Crippen LogP) is 2.66. The van der Waals surface area contributed by atoms with Crippen molar-refractivity contribution in [3.8, 4) is 0 Å². The van der Waals surface area contributed by atoms with Crippen molar-refractivity contribution in [3.05, 3.63) is 34.6 Å². The Labute approximate surface area is 175 Å². The Balaban J connectivity index is 0.00000312. The minimum absolute atomic E-state index is 0. The van der Waals surface area contributed by atoms with Crippen molar-refractivity contribution in [3.63, 3.8) is 0 Å². The molecule has 2 aromatic heterocycles. The van der Waals surface area contributed by atoms with Crippen molar-refractivity contribution in [1.29, 1.82) is 0 Å². The van der Waals surface area contributed by atoms with Gasteiger partial charge in [0.2, 0.25) is 0 Å². The van der Waals surface area contributed by atoms with Gasteiger partial charge in [-0.25, -0.2) is 0 Å². The average Bonchev–Trinajstić information content (AvgIpc) is 3.12. The molecule has 1 N–H and O–H groups in total. The maximum Gasteiger partial charge on any atom is 0.194 e. The lowest BCUT2D eigenvalue weighted by Gasteiger charge is -2.22. The Hall–Kier alpha value is -1.10. The van der Waals surface area contributed by atoms with Gasteiger partial charge in [0.05, 0.1) is 13.1 Å². The molecule has 140 valence electrons. The maximum absolute atomic E-state index is 4.73. The van der Waals surface area contributed by atoms with Crippen LogP contribution in [-0.4, -0.2) is 50.3 Å². The second-order valence-electron chi connectivity index (χ2n) is 5.65. The minimum Gasteiger partial charge on any atom is -0.357 e. The first kappa shape index (κ1) is 21.9. The normalized spacial score (nSPS) is 11.3. The zero-order valence-electron chi connectivity index (χ0n) is 15.2. The molecular formula is C16H27BrIN7. The van der Waals surface area contributed by atoms with Gasteiger partial charge >= 0.3 is 0 Å². The fourth-order valence-corrected chi connectivity index (χ4v) is 3.09. The van der Waals surface area contributed by atoms with E-state index in [-0.39, 0.29) is 24.0 Å². The molecule has 2 aromatic rings. The summed E-state index contributed by atoms with van der Waals surface area (Å²) in [5.74, 6) is 1.90. The molecule has 0 aliphatic heterocycles. The molecule has 2 rings (SSSR count). The number of aliphatic imine (C=N–C) groups is 1. The number of nitrogens with one attached hydrogen (secondary N) is 1. The number of aromatic nitrogens is 4. The SMILES string of the molecule is CCNC(=NCCn1cnnc1CC)N(C)Cc1cc(Br)cn1C.I. The van der Waals surface area contributed by atoms with Crippen LogP contribution in [0.2, 0.25) is 0 Å². The molecule has 0 aliphatic rings. The smallest absolute Gasteiger partial charge is 0.194 e. The molecule has 0 bridgehead atoms. The van der Waals surface area contributed by atoms with Crippen molar-refractivity contribution in [2.75, 3.05) is 20.1 Å². The van der Waals surface area contributed by atoms with Crippen LogP contribution in [0.4, 0.5) is 0 Å². The molecule has 7 nitrogen and oxygen atoms in total. The Morgan fingerprint density at radius 1 is 1.40 bits per heavy atom. The first-order chi connectivity index (χ1) is 11.5. The van der Waals surface area contributed by atoms with E-state index in [1.54, 1.807) is 6.33 Å². The van der Waals surface area contributed by atoms with Crippen LogP contribution in [0.5, 0.6) is 0 Å². The van der Waals surface area contributed by atoms with E-state index in [0.29, 0.717) is 6.54 Å². The Morgan fingerprint density at radius 2 is 2.16 bits per heavy atom. The molecule has 0 amide bonds. The van der Waals surface area contributed by atoms with Crippen LogP contribution < -0.4 is 5.32 Å². The summed E-state index contributed by atoms with van der Waals surface area (Å²) in [7, 11) is 4.11. The summed E-state index contributed by atoms with van der Waals surface area (Å²) in [5, 5.41) is 11.4. The second kappa shape index (κ2) is 10.8. The van der Waals surface area contributed by atoms with Crippen molar-refractivity contribution in [1.82, 2.24) is 29.5 Å². The quantitative estimate of drug-likeness (QED) is 0.344. The fourth-order valence-electron chi connectivity index (χ4n) is 2.51. The molecule has 2 heterocycles. The third kappa shape index (κ3) is 6.28. The molecule has 0 atom stereocenters. The van der Waals surface area contributed by atoms with Gasteiger partial charge in [-0.05, 0) is 28.9 Å². The highest BCUT2D eigenvalue weighted by molar-refractivity contribution is 14.0. The standard InChI is InChI=1S/C16H26BrN7.HI/c1-5-15-21-20-12-24(15)8-7-19-16(18-6-2)23(4)11-14-9-13(17)10-22(14)3;/h9-10,12H,5-8,11H2,1-4H3,(H,18,19);1H. The monoisotopic (exact) mass is 523 g/mol. The average molecular weight is 524 g/mol. The van der Waals surface area contributed by atoms with Crippen LogP contribution in [-0.2, 0) is 26.6 Å². The van der Waals surface area contributed by atoms with Gasteiger partial charge in [-0.15, -0.1) is 34.2 Å². The molecule has 0 unspecified atom stereocenters. The molecule has 0 saturated heterocycles. The van der Waals surface area contributed by atoms with Crippen molar-refractivity contribution < 1.29 is 0 Å². The van der Waals surface area contributed by atoms with E-state index in [1.807, 2.05) is 0 Å². The highest BCUT2D eigenvalue weighted by atomic mass is 127. The number of guanidine groups is 1. The van der Waals surface area contributed by atoms with Crippen LogP contribution in [0.1, 0.15) is 25.4 Å². The van der Waals surface area contributed by atoms with Gasteiger partial charge in [-0.3, -0.25) is 4.99 Å². The maximum atomic E-state index is 4.73. The van der Waals surface area contributed by atoms with E-state index < -0.39 is 0 Å². The molecule has 0 radical (unpaired) electrons. The third-order valence-corrected chi connectivity index (χ3v) is 4.22. The zero-order valence-corrected chi connectivity index (χ0v) is 19.2. The number of hydrogen-bond donors (Lipinski definition) is 1. The van der Waals surface area contributed by atoms with E-state index in [2.05, 4.69) is 85.7 Å². The highest BCUT2D eigenvalue weighted by Gasteiger charge is 2.09. The summed E-state index contributed by atoms with van der Waals surface area (Å²) in [6.45, 7) is 7.27. The summed E-state index contributed by atoms with van der Waals surface area (Å²) in [4.78, 5) is 6.87. The zero-order chi connectivity index (χ0) is 17.5. The largest absolute Gasteiger partial charge is 0.357 e. The predicted molar refractivity (Wildman–Crippen MR) is 115 cm³/mol. The second-order valence-corrected chi connectivity index (χ2v) is 6.56. The number of hydrogen-bond acceptors (Lipinski definition) is 3. The van der Waals surface area contributed by atoms with Crippen LogP contribution in [0.25, 0.3) is 0 Å². The van der Waals surface area contributed by atoms with Gasteiger partial charge in [0.25, 0.3) is 0 Å². The molecule has 0 aliphatic carbocycles. The number of halogens is 2. The van der Waals surface area contributed by atoms with Gasteiger partial charge in [0, 0.05) is 50.0 Å². The van der Waals surface area contributed by atoms with Crippen LogP contribution in [0.3, 0.4) is 0 Å². The summed E-state index contributed by atoms with van der Waals surface area (Å²) in [6, 6.07) is 2.13. The third-order valence-electron chi connectivity index (χ3n) is 3.78. The highest BCUT2D eigenvalue weighted by Crippen LogP contribution is 2.15. The minimum atomic E-state index is 0. The summed E-state index contributed by atoms with van der Waals surface area (Å²) in [5.41, 5.74) is 1.22. The van der Waals surface area contributed by atoms with Gasteiger partial charge < -0.3 is 19.4 Å². The molecule has 25 heavy (non-hydrogen) atoms. The van der Waals surface area contributed by atoms with Gasteiger partial charge in [0.15, 0.2) is 5.96 Å². The summed E-state index contributed by atoms with van der Waals surface area (Å²) >= 11 is 3.52. The van der Waals surface area contributed by atoms with Gasteiger partial charge in [-0.1, -0.05) is 6.92 Å². The van der Waals surface area contributed by atoms with Crippen molar-refractivity contribution in [2.24, 2.45) is 12.0 Å². The number of nitrogens with zero attached hydrogens (tertiary/aromatic N) is 6. The first-order valence-electron chi connectivity index (χ1n) is 8.22. The lowest BCUT2D eigenvalue weighted by molar-refractivity contribution is 0.461. The van der Waals surface area contributed by atoms with E-state index in [1.165, 1.54) is 5.69 Å². The number of rotatable bonds is 7. The van der Waals surface area contributed by atoms with Crippen LogP contribution >= 0.6 is 39.9 Å². The lowest BCUT2D eigenvalue weighted by Crippen LogP contribution is -2.39. The lowest BCUT2D eigenvalue weighted by atomic mass is 10.4. The molecular weight excluding hydrogens is 497 g/mol. The van der Waals surface area contributed by atoms with Gasteiger partial charge in [0.1, 0.15) is 12.2 Å². The van der Waals surface area contributed by atoms with Crippen LogP contribution in [0, 0.1) is 0 Å². The summed E-state index contributed by atoms with van der Waals surface area (Å²) in [6.07, 6.45) is 4.71. The molecule has 0 aromatic carbocycles. The molecule has 0 saturated carbocycles. The Bertz CT molecular complexity index is 680. The first-order valence-corrected chi connectivity index (χ1v) is 9.01. The Morgan fingerprint density at radius 3 is 2.76 bits per heavy atom. The molecule has 0 fully saturated rings. The Kier molecular flexibility index (Phi) is 9.47. The van der Waals surface area contributed by atoms with Crippen molar-refractivity contribution >= 4 is 45.9 Å². The van der Waals surface area contributed by atoms with E-state index >= 15 is 0 Å². The number of aryl methyl sites for hydroxylation is 2. The van der Waals surface area contributed by atoms with Crippen LogP contribution in [0.15, 0.2) is 28.1 Å².